The van der Waals surface area contributed by atoms with Crippen molar-refractivity contribution in [3.63, 3.8) is 0 Å². The third-order valence-electron chi connectivity index (χ3n) is 2.76. The van der Waals surface area contributed by atoms with Gasteiger partial charge in [-0.15, -0.1) is 11.3 Å². The first-order chi connectivity index (χ1) is 9.16. The first kappa shape index (κ1) is 12.8. The Hall–Kier alpha value is -1.24. The number of halogens is 1. The van der Waals surface area contributed by atoms with Gasteiger partial charge in [0.1, 0.15) is 0 Å². The zero-order valence-corrected chi connectivity index (χ0v) is 13.3. The average molecular weight is 352 g/mol. The van der Waals surface area contributed by atoms with Crippen molar-refractivity contribution in [1.82, 2.24) is 14.8 Å². The van der Waals surface area contributed by atoms with Crippen LogP contribution in [0.2, 0.25) is 0 Å². The van der Waals surface area contributed by atoms with Crippen LogP contribution in [0.3, 0.4) is 0 Å². The van der Waals surface area contributed by atoms with Gasteiger partial charge < -0.3 is 0 Å². The van der Waals surface area contributed by atoms with E-state index in [0.29, 0.717) is 4.77 Å². The number of thiophene rings is 1. The average Bonchev–Trinajstić information content (AvgIpc) is 2.95. The Morgan fingerprint density at radius 1 is 1.32 bits per heavy atom. The summed E-state index contributed by atoms with van der Waals surface area (Å²) >= 11 is 10.5. The molecule has 3 aromatic rings. The lowest BCUT2D eigenvalue weighted by atomic mass is 10.3. The first-order valence-electron chi connectivity index (χ1n) is 5.66. The smallest absolute Gasteiger partial charge is 0.200 e. The lowest BCUT2D eigenvalue weighted by Gasteiger charge is -2.04. The minimum absolute atomic E-state index is 0.600. The third kappa shape index (κ3) is 2.31. The van der Waals surface area contributed by atoms with Crippen LogP contribution in [0.15, 0.2) is 40.2 Å². The van der Waals surface area contributed by atoms with E-state index in [1.54, 1.807) is 11.3 Å². The minimum atomic E-state index is 0.600. The Balaban J connectivity index is 2.22. The van der Waals surface area contributed by atoms with Gasteiger partial charge in [-0.25, -0.2) is 0 Å². The highest BCUT2D eigenvalue weighted by molar-refractivity contribution is 9.11. The monoisotopic (exact) mass is 351 g/mol. The molecule has 0 amide bonds. The quantitative estimate of drug-likeness (QED) is 0.677. The van der Waals surface area contributed by atoms with Gasteiger partial charge in [-0.05, 0) is 58.8 Å². The van der Waals surface area contributed by atoms with Gasteiger partial charge >= 0.3 is 0 Å². The van der Waals surface area contributed by atoms with Gasteiger partial charge in [0.25, 0.3) is 0 Å². The van der Waals surface area contributed by atoms with Crippen LogP contribution in [0.1, 0.15) is 5.56 Å². The van der Waals surface area contributed by atoms with E-state index in [4.69, 9.17) is 12.2 Å². The van der Waals surface area contributed by atoms with Crippen molar-refractivity contribution in [2.24, 2.45) is 0 Å². The van der Waals surface area contributed by atoms with E-state index in [2.05, 4.69) is 39.1 Å². The number of H-pyrrole nitrogens is 1. The number of rotatable bonds is 2. The highest BCUT2D eigenvalue weighted by Crippen LogP contribution is 2.34. The Labute approximate surface area is 128 Å². The highest BCUT2D eigenvalue weighted by Gasteiger charge is 2.13. The summed E-state index contributed by atoms with van der Waals surface area (Å²) in [5.74, 6) is 0.843. The summed E-state index contributed by atoms with van der Waals surface area (Å²) in [6.45, 7) is 2.07. The van der Waals surface area contributed by atoms with Gasteiger partial charge in [0.15, 0.2) is 10.6 Å². The molecule has 0 aliphatic carbocycles. The number of aromatic nitrogens is 3. The van der Waals surface area contributed by atoms with Crippen LogP contribution in [-0.4, -0.2) is 14.8 Å². The molecule has 0 unspecified atom stereocenters. The van der Waals surface area contributed by atoms with Crippen molar-refractivity contribution in [3.8, 4) is 16.4 Å². The van der Waals surface area contributed by atoms with Crippen molar-refractivity contribution in [3.05, 3.63) is 50.5 Å². The molecule has 1 aromatic carbocycles. The van der Waals surface area contributed by atoms with Gasteiger partial charge in [0.2, 0.25) is 0 Å². The molecule has 2 aromatic heterocycles. The summed E-state index contributed by atoms with van der Waals surface area (Å²) in [6, 6.07) is 12.1. The van der Waals surface area contributed by atoms with Crippen LogP contribution in [0.25, 0.3) is 16.4 Å². The summed E-state index contributed by atoms with van der Waals surface area (Å²) < 4.78 is 3.67. The number of benzene rings is 1. The van der Waals surface area contributed by atoms with Crippen molar-refractivity contribution in [1.29, 1.82) is 0 Å². The molecule has 0 radical (unpaired) electrons. The van der Waals surface area contributed by atoms with E-state index < -0.39 is 0 Å². The van der Waals surface area contributed by atoms with E-state index in [1.807, 2.05) is 34.9 Å². The second kappa shape index (κ2) is 5.03. The largest absolute Gasteiger partial charge is 0.267 e. The number of nitrogens with zero attached hydrogens (tertiary/aromatic N) is 2. The molecule has 96 valence electrons. The molecule has 3 nitrogen and oxygen atoms in total. The SMILES string of the molecule is Cc1cc(-c2n[nH]c(=S)n2-c2ccccc2)sc1Br. The van der Waals surface area contributed by atoms with Crippen molar-refractivity contribution in [2.75, 3.05) is 0 Å². The number of nitrogens with one attached hydrogen (secondary N) is 1. The number of para-hydroxylation sites is 1. The summed E-state index contributed by atoms with van der Waals surface area (Å²) in [5, 5.41) is 7.22. The normalized spacial score (nSPS) is 10.8. The molecular formula is C13H10BrN3S2. The van der Waals surface area contributed by atoms with E-state index in [-0.39, 0.29) is 0 Å². The lowest BCUT2D eigenvalue weighted by molar-refractivity contribution is 1.04. The van der Waals surface area contributed by atoms with Crippen LogP contribution in [0.4, 0.5) is 0 Å². The predicted octanol–water partition coefficient (Wildman–Crippen LogP) is 4.73. The fourth-order valence-electron chi connectivity index (χ4n) is 1.85. The second-order valence-electron chi connectivity index (χ2n) is 4.09. The number of hydrogen-bond acceptors (Lipinski definition) is 3. The Kier molecular flexibility index (Phi) is 3.38. The maximum atomic E-state index is 5.33. The molecule has 0 saturated heterocycles. The van der Waals surface area contributed by atoms with E-state index in [1.165, 1.54) is 5.56 Å². The Bertz CT molecular complexity index is 751. The Morgan fingerprint density at radius 2 is 2.05 bits per heavy atom. The van der Waals surface area contributed by atoms with Crippen molar-refractivity contribution >= 4 is 39.5 Å². The van der Waals surface area contributed by atoms with Gasteiger partial charge in [0.05, 0.1) is 8.66 Å². The van der Waals surface area contributed by atoms with Crippen LogP contribution < -0.4 is 0 Å². The van der Waals surface area contributed by atoms with Gasteiger partial charge in [-0.3, -0.25) is 9.67 Å². The molecular weight excluding hydrogens is 342 g/mol. The zero-order valence-electron chi connectivity index (χ0n) is 10.1. The van der Waals surface area contributed by atoms with Gasteiger partial charge in [-0.1, -0.05) is 18.2 Å². The number of hydrogen-bond donors (Lipinski definition) is 1. The Morgan fingerprint density at radius 3 is 2.68 bits per heavy atom. The molecule has 0 aliphatic heterocycles. The highest BCUT2D eigenvalue weighted by atomic mass is 79.9. The van der Waals surface area contributed by atoms with Crippen LogP contribution in [0, 0.1) is 11.7 Å². The topological polar surface area (TPSA) is 33.6 Å². The molecule has 1 N–H and O–H groups in total. The summed E-state index contributed by atoms with van der Waals surface area (Å²) in [7, 11) is 0. The molecule has 0 atom stereocenters. The second-order valence-corrected chi connectivity index (χ2v) is 6.85. The molecule has 19 heavy (non-hydrogen) atoms. The zero-order chi connectivity index (χ0) is 13.4. The molecule has 0 aliphatic rings. The predicted molar refractivity (Wildman–Crippen MR) is 84.5 cm³/mol. The molecule has 0 saturated carbocycles. The van der Waals surface area contributed by atoms with E-state index in [9.17, 15) is 0 Å². The summed E-state index contributed by atoms with van der Waals surface area (Å²) in [4.78, 5) is 1.08. The van der Waals surface area contributed by atoms with Crippen LogP contribution >= 0.6 is 39.5 Å². The molecule has 2 heterocycles. The summed E-state index contributed by atoms with van der Waals surface area (Å²) in [6.07, 6.45) is 0. The maximum absolute atomic E-state index is 5.33. The van der Waals surface area contributed by atoms with E-state index in [0.717, 1.165) is 20.2 Å². The lowest BCUT2D eigenvalue weighted by Crippen LogP contribution is -1.96. The van der Waals surface area contributed by atoms with Crippen LogP contribution in [0.5, 0.6) is 0 Å². The molecule has 0 fully saturated rings. The fourth-order valence-corrected chi connectivity index (χ4v) is 3.60. The maximum Gasteiger partial charge on any atom is 0.200 e. The van der Waals surface area contributed by atoms with Gasteiger partial charge in [0, 0.05) is 5.69 Å². The van der Waals surface area contributed by atoms with Crippen molar-refractivity contribution < 1.29 is 0 Å². The standard InChI is InChI=1S/C13H10BrN3S2/c1-8-7-10(19-11(8)14)12-15-16-13(18)17(12)9-5-3-2-4-6-9/h2-7H,1H3,(H,16,18). The molecule has 6 heteroatoms. The van der Waals surface area contributed by atoms with Crippen molar-refractivity contribution in [2.45, 2.75) is 6.92 Å². The van der Waals surface area contributed by atoms with E-state index >= 15 is 0 Å². The number of aromatic amines is 1. The third-order valence-corrected chi connectivity index (χ3v) is 5.17. The minimum Gasteiger partial charge on any atom is -0.267 e. The van der Waals surface area contributed by atoms with Gasteiger partial charge in [-0.2, -0.15) is 5.10 Å². The summed E-state index contributed by atoms with van der Waals surface area (Å²) in [5.41, 5.74) is 2.21. The first-order valence-corrected chi connectivity index (χ1v) is 7.68. The molecule has 3 rings (SSSR count). The molecule has 0 spiro atoms. The van der Waals surface area contributed by atoms with Crippen LogP contribution in [-0.2, 0) is 0 Å². The fraction of sp³-hybridized carbons (Fsp3) is 0.0769. The molecule has 0 bridgehead atoms. The number of aryl methyl sites for hydroxylation is 1.